The molecule has 0 saturated heterocycles. The first kappa shape index (κ1) is 30.2. The first-order chi connectivity index (χ1) is 19.8. The number of carbonyl (C=O) groups is 2. The van der Waals surface area contributed by atoms with Crippen molar-refractivity contribution in [2.45, 2.75) is 24.9 Å². The van der Waals surface area contributed by atoms with Crippen LogP contribution >= 0.6 is 0 Å². The van der Waals surface area contributed by atoms with Crippen molar-refractivity contribution >= 4 is 51.4 Å². The molecule has 0 spiro atoms. The third-order valence-corrected chi connectivity index (χ3v) is 7.28. The van der Waals surface area contributed by atoms with Crippen LogP contribution in [0, 0.1) is 13.8 Å². The van der Waals surface area contributed by atoms with Crippen molar-refractivity contribution in [3.05, 3.63) is 94.7 Å². The van der Waals surface area contributed by atoms with E-state index in [4.69, 9.17) is 0 Å². The van der Waals surface area contributed by atoms with Crippen LogP contribution in [0.15, 0.2) is 71.8 Å². The van der Waals surface area contributed by atoms with Gasteiger partial charge in [-0.1, -0.05) is 18.2 Å². The van der Waals surface area contributed by atoms with Crippen molar-refractivity contribution in [2.24, 2.45) is 0 Å². The molecule has 1 heterocycles. The Morgan fingerprint density at radius 2 is 1.60 bits per heavy atom. The van der Waals surface area contributed by atoms with Crippen molar-refractivity contribution in [3.63, 3.8) is 0 Å². The number of nitrogens with one attached hydrogen (secondary N) is 4. The topological polar surface area (TPSA) is 125 Å². The van der Waals surface area contributed by atoms with Crippen molar-refractivity contribution in [3.8, 4) is 0 Å². The van der Waals surface area contributed by atoms with E-state index < -0.39 is 34.4 Å². The molecule has 1 atom stereocenters. The highest BCUT2D eigenvalue weighted by atomic mass is 32.2. The summed E-state index contributed by atoms with van der Waals surface area (Å²) in [5.74, 6) is -0.817. The van der Waals surface area contributed by atoms with E-state index in [-0.39, 0.29) is 28.6 Å². The smallest absolute Gasteiger partial charge is 0.372 e. The summed E-state index contributed by atoms with van der Waals surface area (Å²) in [4.78, 5) is 35.1. The minimum Gasteiger partial charge on any atom is -0.372 e. The van der Waals surface area contributed by atoms with Crippen LogP contribution in [0.2, 0.25) is 0 Å². The molecule has 0 saturated carbocycles. The molecule has 4 rings (SSSR count). The molecule has 0 bridgehead atoms. The molecule has 9 nitrogen and oxygen atoms in total. The third kappa shape index (κ3) is 7.10. The summed E-state index contributed by atoms with van der Waals surface area (Å²) in [6.07, 6.45) is -1.64. The Kier molecular flexibility index (Phi) is 8.90. The zero-order valence-corrected chi connectivity index (χ0v) is 23.8. The predicted molar refractivity (Wildman–Crippen MR) is 157 cm³/mol. The molecular weight excluding hydrogens is 569 g/mol. The molecule has 218 valence electrons. The number of hydrogen-bond donors (Lipinski definition) is 4. The molecule has 4 aromatic rings. The third-order valence-electron chi connectivity index (χ3n) is 6.22. The highest BCUT2D eigenvalue weighted by molar-refractivity contribution is 7.84. The molecule has 0 aliphatic heterocycles. The van der Waals surface area contributed by atoms with Crippen molar-refractivity contribution < 1.29 is 27.0 Å². The van der Waals surface area contributed by atoms with Gasteiger partial charge >= 0.3 is 6.18 Å². The monoisotopic (exact) mass is 596 g/mol. The van der Waals surface area contributed by atoms with Gasteiger partial charge in [-0.15, -0.1) is 0 Å². The lowest BCUT2D eigenvalue weighted by Gasteiger charge is -2.14. The molecule has 1 unspecified atom stereocenters. The van der Waals surface area contributed by atoms with E-state index in [1.54, 1.807) is 44.5 Å². The molecule has 4 N–H and O–H groups in total. The van der Waals surface area contributed by atoms with E-state index in [1.807, 2.05) is 13.0 Å². The number of carbonyl (C=O) groups excluding carboxylic acids is 2. The van der Waals surface area contributed by atoms with Crippen LogP contribution < -0.4 is 21.3 Å². The standard InChI is InChI=1S/C29H27F3N6O3S/c1-16-8-10-20(35-26(39)18-6-5-7-19(12-18)29(30,31)32)13-23(16)37-27(40)22-15-34-28(38-25(22)33-3)36-21-11-9-17(2)24(14-21)42(4)41/h5-15H,1-4H3,(H,35,39)(H,37,40)(H2,33,34,36,38). The number of amides is 2. The van der Waals surface area contributed by atoms with Gasteiger partial charge in [0, 0.05) is 47.0 Å². The number of rotatable bonds is 8. The summed E-state index contributed by atoms with van der Waals surface area (Å²) < 4.78 is 51.1. The van der Waals surface area contributed by atoms with Gasteiger partial charge in [0.25, 0.3) is 11.8 Å². The Bertz CT molecular complexity index is 1690. The molecule has 0 radical (unpaired) electrons. The molecule has 0 aliphatic carbocycles. The van der Waals surface area contributed by atoms with Crippen LogP contribution in [-0.4, -0.2) is 39.3 Å². The number of anilines is 5. The van der Waals surface area contributed by atoms with Crippen LogP contribution in [0.4, 0.5) is 42.0 Å². The fourth-order valence-corrected chi connectivity index (χ4v) is 4.79. The van der Waals surface area contributed by atoms with Gasteiger partial charge in [0.1, 0.15) is 11.4 Å². The van der Waals surface area contributed by atoms with Gasteiger partial charge in [-0.2, -0.15) is 18.2 Å². The van der Waals surface area contributed by atoms with Gasteiger partial charge in [0.2, 0.25) is 5.95 Å². The summed E-state index contributed by atoms with van der Waals surface area (Å²) in [5, 5.41) is 11.2. The zero-order chi connectivity index (χ0) is 30.6. The van der Waals surface area contributed by atoms with Crippen LogP contribution in [0.5, 0.6) is 0 Å². The number of aryl methyl sites for hydroxylation is 2. The SMILES string of the molecule is CNc1nc(Nc2ccc(C)c(S(C)=O)c2)ncc1C(=O)Nc1cc(NC(=O)c2cccc(C(F)(F)F)c2)ccc1C. The van der Waals surface area contributed by atoms with E-state index in [0.29, 0.717) is 21.8 Å². The van der Waals surface area contributed by atoms with Gasteiger partial charge in [0.15, 0.2) is 0 Å². The molecule has 0 fully saturated rings. The summed E-state index contributed by atoms with van der Waals surface area (Å²) in [6.45, 7) is 3.61. The molecule has 3 aromatic carbocycles. The Morgan fingerprint density at radius 3 is 2.29 bits per heavy atom. The zero-order valence-electron chi connectivity index (χ0n) is 23.0. The summed E-state index contributed by atoms with van der Waals surface area (Å²) in [5.41, 5.74) is 1.88. The Balaban J connectivity index is 1.51. The number of alkyl halides is 3. The van der Waals surface area contributed by atoms with E-state index in [9.17, 15) is 27.0 Å². The van der Waals surface area contributed by atoms with Crippen LogP contribution in [0.1, 0.15) is 37.4 Å². The predicted octanol–water partition coefficient (Wildman–Crippen LogP) is 6.14. The van der Waals surface area contributed by atoms with Crippen molar-refractivity contribution in [2.75, 3.05) is 34.6 Å². The summed E-state index contributed by atoms with van der Waals surface area (Å²) >= 11 is 0. The first-order valence-electron chi connectivity index (χ1n) is 12.5. The van der Waals surface area contributed by atoms with Gasteiger partial charge in [-0.25, -0.2) is 4.98 Å². The van der Waals surface area contributed by atoms with Gasteiger partial charge < -0.3 is 21.3 Å². The lowest BCUT2D eigenvalue weighted by Crippen LogP contribution is -2.17. The lowest BCUT2D eigenvalue weighted by molar-refractivity contribution is -0.137. The van der Waals surface area contributed by atoms with Gasteiger partial charge in [-0.3, -0.25) is 13.8 Å². The minimum atomic E-state index is -4.58. The fourth-order valence-electron chi connectivity index (χ4n) is 3.98. The maximum absolute atomic E-state index is 13.2. The second-order valence-electron chi connectivity index (χ2n) is 9.28. The normalized spacial score (nSPS) is 11.9. The minimum absolute atomic E-state index is 0.139. The van der Waals surface area contributed by atoms with E-state index in [1.165, 1.54) is 18.3 Å². The largest absolute Gasteiger partial charge is 0.416 e. The fraction of sp³-hybridized carbons (Fsp3) is 0.172. The number of aromatic nitrogens is 2. The number of halogens is 3. The summed E-state index contributed by atoms with van der Waals surface area (Å²) in [7, 11) is 0.424. The Labute approximate surface area is 242 Å². The average molecular weight is 597 g/mol. The number of nitrogens with zero attached hydrogens (tertiary/aromatic N) is 2. The lowest BCUT2D eigenvalue weighted by atomic mass is 10.1. The molecule has 42 heavy (non-hydrogen) atoms. The molecular formula is C29H27F3N6O3S. The maximum Gasteiger partial charge on any atom is 0.416 e. The van der Waals surface area contributed by atoms with Crippen molar-refractivity contribution in [1.29, 1.82) is 0 Å². The Morgan fingerprint density at radius 1 is 0.881 bits per heavy atom. The molecule has 1 aromatic heterocycles. The molecule has 0 aliphatic rings. The van der Waals surface area contributed by atoms with Gasteiger partial charge in [0.05, 0.1) is 16.4 Å². The van der Waals surface area contributed by atoms with E-state index in [2.05, 4.69) is 31.2 Å². The van der Waals surface area contributed by atoms with E-state index >= 15 is 0 Å². The van der Waals surface area contributed by atoms with Crippen molar-refractivity contribution in [1.82, 2.24) is 9.97 Å². The molecule has 2 amide bonds. The average Bonchev–Trinajstić information content (AvgIpc) is 2.95. The second-order valence-corrected chi connectivity index (χ2v) is 10.6. The number of hydrogen-bond acceptors (Lipinski definition) is 7. The highest BCUT2D eigenvalue weighted by Crippen LogP contribution is 2.30. The van der Waals surface area contributed by atoms with Crippen LogP contribution in [0.25, 0.3) is 0 Å². The maximum atomic E-state index is 13.2. The van der Waals surface area contributed by atoms with Crippen LogP contribution in [0.3, 0.4) is 0 Å². The number of benzene rings is 3. The quantitative estimate of drug-likeness (QED) is 0.193. The molecule has 13 heteroatoms. The highest BCUT2D eigenvalue weighted by Gasteiger charge is 2.31. The Hall–Kier alpha value is -4.78. The van der Waals surface area contributed by atoms with Gasteiger partial charge in [-0.05, 0) is 67.4 Å². The van der Waals surface area contributed by atoms with Crippen LogP contribution in [-0.2, 0) is 17.0 Å². The second kappa shape index (κ2) is 12.4. The van der Waals surface area contributed by atoms with E-state index in [0.717, 1.165) is 23.8 Å². The summed E-state index contributed by atoms with van der Waals surface area (Å²) in [6, 6.07) is 14.2. The first-order valence-corrected chi connectivity index (χ1v) is 14.1.